The largest absolute Gasteiger partial charge is 0.460 e. The molecule has 0 aromatic carbocycles. The van der Waals surface area contributed by atoms with Crippen molar-refractivity contribution in [3.63, 3.8) is 0 Å². The minimum atomic E-state index is -7.17. The van der Waals surface area contributed by atoms with Crippen LogP contribution in [0.5, 0.6) is 0 Å². The molecule has 1 unspecified atom stereocenters. The first-order valence-corrected chi connectivity index (χ1v) is 6.80. The summed E-state index contributed by atoms with van der Waals surface area (Å²) in [6, 6.07) is 0. The van der Waals surface area contributed by atoms with Crippen LogP contribution in [0.1, 0.15) is 13.8 Å². The van der Waals surface area contributed by atoms with Crippen LogP contribution in [0, 0.1) is 0 Å². The van der Waals surface area contributed by atoms with Gasteiger partial charge in [-0.3, -0.25) is 9.29 Å². The monoisotopic (exact) mass is 406 g/mol. The molecular formula is C8H8F10O5S. The van der Waals surface area contributed by atoms with Gasteiger partial charge in [-0.25, -0.2) is 0 Å². The molecule has 0 aliphatic heterocycles. The molecular weight excluding hydrogens is 398 g/mol. The molecule has 0 bridgehead atoms. The first-order chi connectivity index (χ1) is 10.1. The molecule has 146 valence electrons. The maximum Gasteiger partial charge on any atom is 0.460 e. The first kappa shape index (κ1) is 23.1. The molecule has 0 saturated heterocycles. The highest BCUT2D eigenvalue weighted by Crippen LogP contribution is 2.52. The van der Waals surface area contributed by atoms with E-state index in [0.717, 1.165) is 0 Å². The van der Waals surface area contributed by atoms with Gasteiger partial charge in [0.15, 0.2) is 0 Å². The topological polar surface area (TPSA) is 72.8 Å². The van der Waals surface area contributed by atoms with Gasteiger partial charge in [-0.05, 0) is 13.8 Å². The van der Waals surface area contributed by atoms with Crippen molar-refractivity contribution in [3.05, 3.63) is 0 Å². The Bertz CT molecular complexity index is 556. The molecule has 0 fully saturated rings. The van der Waals surface area contributed by atoms with Crippen molar-refractivity contribution in [2.75, 3.05) is 0 Å². The van der Waals surface area contributed by atoms with Crippen LogP contribution in [0.4, 0.5) is 43.9 Å². The third-order valence-corrected chi connectivity index (χ3v) is 2.94. The third-order valence-electron chi connectivity index (χ3n) is 2.05. The highest BCUT2D eigenvalue weighted by molar-refractivity contribution is 7.86. The predicted octanol–water partition coefficient (Wildman–Crippen LogP) is 3.32. The summed E-state index contributed by atoms with van der Waals surface area (Å²) in [7, 11) is -7.17. The van der Waals surface area contributed by atoms with Crippen LogP contribution >= 0.6 is 0 Å². The Labute approximate surface area is 127 Å². The lowest BCUT2D eigenvalue weighted by Crippen LogP contribution is -2.64. The van der Waals surface area contributed by atoms with Crippen LogP contribution in [-0.4, -0.2) is 48.6 Å². The lowest BCUT2D eigenvalue weighted by atomic mass is 10.2. The molecule has 1 atom stereocenters. The Hall–Kier alpha value is -0.870. The molecule has 1 N–H and O–H groups in total. The number of hydrogen-bond acceptors (Lipinski definition) is 4. The van der Waals surface area contributed by atoms with E-state index >= 15 is 0 Å². The minimum Gasteiger partial charge on any atom is -0.313 e. The summed E-state index contributed by atoms with van der Waals surface area (Å²) < 4.78 is 162. The van der Waals surface area contributed by atoms with Gasteiger partial charge in [0.25, 0.3) is 0 Å². The molecule has 0 aliphatic rings. The average Bonchev–Trinajstić information content (AvgIpc) is 2.22. The number of ether oxygens (including phenoxy) is 2. The maximum atomic E-state index is 13.5. The summed E-state index contributed by atoms with van der Waals surface area (Å²) in [6.45, 7) is 1.21. The van der Waals surface area contributed by atoms with E-state index < -0.39 is 45.7 Å². The van der Waals surface area contributed by atoms with Crippen LogP contribution < -0.4 is 0 Å². The lowest BCUT2D eigenvalue weighted by molar-refractivity contribution is -0.515. The minimum absolute atomic E-state index is 0.607. The molecule has 0 spiro atoms. The highest BCUT2D eigenvalue weighted by Gasteiger charge is 2.81. The molecule has 0 aromatic rings. The van der Waals surface area contributed by atoms with E-state index in [2.05, 4.69) is 4.74 Å². The lowest BCUT2D eigenvalue weighted by Gasteiger charge is -2.37. The Morgan fingerprint density at radius 1 is 0.833 bits per heavy atom. The van der Waals surface area contributed by atoms with Gasteiger partial charge in [0.2, 0.25) is 0 Å². The second-order valence-corrected chi connectivity index (χ2v) is 5.85. The Morgan fingerprint density at radius 2 is 1.21 bits per heavy atom. The van der Waals surface area contributed by atoms with Gasteiger partial charge >= 0.3 is 39.6 Å². The van der Waals surface area contributed by atoms with Crippen molar-refractivity contribution in [3.8, 4) is 0 Å². The molecule has 0 aromatic heterocycles. The predicted molar refractivity (Wildman–Crippen MR) is 53.6 cm³/mol. The molecule has 0 heterocycles. The Kier molecular flexibility index (Phi) is 5.91. The Balaban J connectivity index is 6.19. The summed E-state index contributed by atoms with van der Waals surface area (Å²) in [5, 5.41) is -6.89. The van der Waals surface area contributed by atoms with E-state index in [1.54, 1.807) is 0 Å². The Morgan fingerprint density at radius 3 is 1.46 bits per heavy atom. The van der Waals surface area contributed by atoms with Gasteiger partial charge in [0.1, 0.15) is 0 Å². The number of halogens is 10. The second kappa shape index (κ2) is 6.14. The zero-order valence-corrected chi connectivity index (χ0v) is 12.2. The van der Waals surface area contributed by atoms with Crippen LogP contribution in [0.3, 0.4) is 0 Å². The normalized spacial score (nSPS) is 17.9. The zero-order valence-electron chi connectivity index (χ0n) is 11.3. The van der Waals surface area contributed by atoms with Crippen molar-refractivity contribution in [2.24, 2.45) is 0 Å². The smallest absolute Gasteiger partial charge is 0.313 e. The van der Waals surface area contributed by atoms with E-state index in [1.807, 2.05) is 4.74 Å². The van der Waals surface area contributed by atoms with Gasteiger partial charge < -0.3 is 4.74 Å². The SMILES string of the molecule is CC(C)OC(F)(F)C(F)(OC(F)(F)C(F)(F)S(=O)(=O)O)C(F)(F)F. The van der Waals surface area contributed by atoms with Gasteiger partial charge in [-0.2, -0.15) is 52.3 Å². The standard InChI is InChI=1S/C8H8F10O5S/c1-3(2)22-6(13,14)4(9,5(10,11)12)23-7(15,16)8(17,18)24(19,20)21/h3H,1-2H3,(H,19,20,21). The summed E-state index contributed by atoms with van der Waals surface area (Å²) in [5.74, 6) is -6.89. The summed E-state index contributed by atoms with van der Waals surface area (Å²) in [4.78, 5) is 0. The van der Waals surface area contributed by atoms with Gasteiger partial charge in [-0.1, -0.05) is 0 Å². The van der Waals surface area contributed by atoms with E-state index in [1.165, 1.54) is 0 Å². The van der Waals surface area contributed by atoms with Crippen LogP contribution in [-0.2, 0) is 19.6 Å². The van der Waals surface area contributed by atoms with Gasteiger partial charge in [-0.15, -0.1) is 0 Å². The van der Waals surface area contributed by atoms with E-state index in [0.29, 0.717) is 13.8 Å². The highest BCUT2D eigenvalue weighted by atomic mass is 32.2. The molecule has 0 rings (SSSR count). The molecule has 0 saturated carbocycles. The molecule has 16 heteroatoms. The first-order valence-electron chi connectivity index (χ1n) is 5.36. The molecule has 0 aliphatic carbocycles. The molecule has 24 heavy (non-hydrogen) atoms. The number of hydrogen-bond donors (Lipinski definition) is 1. The zero-order chi connectivity index (χ0) is 20.0. The van der Waals surface area contributed by atoms with E-state index in [4.69, 9.17) is 4.55 Å². The summed E-state index contributed by atoms with van der Waals surface area (Å²) in [5.41, 5.74) is 0. The second-order valence-electron chi connectivity index (χ2n) is 4.39. The van der Waals surface area contributed by atoms with Crippen molar-refractivity contribution in [1.82, 2.24) is 0 Å². The molecule has 5 nitrogen and oxygen atoms in total. The maximum absolute atomic E-state index is 13.5. The van der Waals surface area contributed by atoms with Crippen LogP contribution in [0.15, 0.2) is 0 Å². The molecule has 0 amide bonds. The van der Waals surface area contributed by atoms with Crippen molar-refractivity contribution < 1.29 is 66.3 Å². The fraction of sp³-hybridized carbons (Fsp3) is 1.00. The van der Waals surface area contributed by atoms with Crippen molar-refractivity contribution >= 4 is 10.1 Å². The van der Waals surface area contributed by atoms with E-state index in [9.17, 15) is 52.3 Å². The van der Waals surface area contributed by atoms with Gasteiger partial charge in [0, 0.05) is 0 Å². The van der Waals surface area contributed by atoms with Crippen LogP contribution in [0.25, 0.3) is 0 Å². The summed E-state index contributed by atoms with van der Waals surface area (Å²) in [6.07, 6.45) is -22.4. The fourth-order valence-electron chi connectivity index (χ4n) is 1.04. The number of alkyl halides is 10. The molecule has 0 radical (unpaired) electrons. The number of rotatable bonds is 7. The third kappa shape index (κ3) is 4.02. The fourth-order valence-corrected chi connectivity index (χ4v) is 1.38. The van der Waals surface area contributed by atoms with Gasteiger partial charge in [0.05, 0.1) is 6.10 Å². The van der Waals surface area contributed by atoms with Crippen molar-refractivity contribution in [2.45, 2.75) is 49.5 Å². The van der Waals surface area contributed by atoms with Crippen LogP contribution in [0.2, 0.25) is 0 Å². The quantitative estimate of drug-likeness (QED) is 0.519. The average molecular weight is 406 g/mol. The van der Waals surface area contributed by atoms with Crippen molar-refractivity contribution in [1.29, 1.82) is 0 Å². The van der Waals surface area contributed by atoms with E-state index in [-0.39, 0.29) is 0 Å². The summed E-state index contributed by atoms with van der Waals surface area (Å²) >= 11 is 0.